The second kappa shape index (κ2) is 5.16. The zero-order valence-electron chi connectivity index (χ0n) is 11.1. The van der Waals surface area contributed by atoms with Gasteiger partial charge in [-0.25, -0.2) is 4.98 Å². The first-order valence-corrected chi connectivity index (χ1v) is 6.78. The SMILES string of the molecule is Cc1nc(CNCc2nc(C(C)(C)C)cs2)no1. The normalized spacial score (nSPS) is 12.0. The fraction of sp³-hybridized carbons (Fsp3) is 0.583. The summed E-state index contributed by atoms with van der Waals surface area (Å²) in [6, 6.07) is 0. The van der Waals surface area contributed by atoms with Gasteiger partial charge >= 0.3 is 0 Å². The van der Waals surface area contributed by atoms with Crippen molar-refractivity contribution in [2.75, 3.05) is 0 Å². The molecule has 18 heavy (non-hydrogen) atoms. The molecule has 0 amide bonds. The Bertz CT molecular complexity index is 512. The topological polar surface area (TPSA) is 63.8 Å². The molecule has 6 heteroatoms. The highest BCUT2D eigenvalue weighted by atomic mass is 32.1. The van der Waals surface area contributed by atoms with Crippen LogP contribution in [0.25, 0.3) is 0 Å². The van der Waals surface area contributed by atoms with Crippen molar-refractivity contribution in [3.8, 4) is 0 Å². The lowest BCUT2D eigenvalue weighted by Crippen LogP contribution is -2.15. The number of hydrogen-bond acceptors (Lipinski definition) is 6. The van der Waals surface area contributed by atoms with E-state index in [0.717, 1.165) is 17.2 Å². The molecule has 0 fully saturated rings. The lowest BCUT2D eigenvalue weighted by molar-refractivity contribution is 0.385. The summed E-state index contributed by atoms with van der Waals surface area (Å²) < 4.78 is 4.90. The quantitative estimate of drug-likeness (QED) is 0.920. The molecule has 0 aromatic carbocycles. The van der Waals surface area contributed by atoms with Gasteiger partial charge in [0.15, 0.2) is 5.82 Å². The molecular formula is C12H18N4OS. The van der Waals surface area contributed by atoms with Crippen molar-refractivity contribution in [3.05, 3.63) is 27.8 Å². The van der Waals surface area contributed by atoms with Gasteiger partial charge in [0.25, 0.3) is 0 Å². The fourth-order valence-electron chi connectivity index (χ4n) is 1.43. The maximum Gasteiger partial charge on any atom is 0.223 e. The summed E-state index contributed by atoms with van der Waals surface area (Å²) in [5.74, 6) is 1.27. The molecule has 0 unspecified atom stereocenters. The second-order valence-electron chi connectivity index (χ2n) is 5.21. The summed E-state index contributed by atoms with van der Waals surface area (Å²) in [7, 11) is 0. The van der Waals surface area contributed by atoms with E-state index in [1.165, 1.54) is 0 Å². The van der Waals surface area contributed by atoms with Crippen molar-refractivity contribution >= 4 is 11.3 Å². The van der Waals surface area contributed by atoms with E-state index < -0.39 is 0 Å². The summed E-state index contributed by atoms with van der Waals surface area (Å²) in [5, 5.41) is 10.3. The number of hydrogen-bond donors (Lipinski definition) is 1. The van der Waals surface area contributed by atoms with E-state index >= 15 is 0 Å². The van der Waals surface area contributed by atoms with E-state index in [2.05, 4.69) is 46.6 Å². The summed E-state index contributed by atoms with van der Waals surface area (Å²) in [5.41, 5.74) is 1.25. The average Bonchev–Trinajstić information content (AvgIpc) is 2.87. The highest BCUT2D eigenvalue weighted by Crippen LogP contribution is 2.23. The van der Waals surface area contributed by atoms with E-state index in [9.17, 15) is 0 Å². The standard InChI is InChI=1S/C12H18N4OS/c1-8-14-10(16-17-8)5-13-6-11-15-9(7-18-11)12(2,3)4/h7,13H,5-6H2,1-4H3. The van der Waals surface area contributed by atoms with Gasteiger partial charge in [0.05, 0.1) is 12.2 Å². The predicted molar refractivity (Wildman–Crippen MR) is 70.4 cm³/mol. The Hall–Kier alpha value is -1.27. The minimum atomic E-state index is 0.111. The fourth-order valence-corrected chi connectivity index (χ4v) is 2.42. The summed E-state index contributed by atoms with van der Waals surface area (Å²) in [6.45, 7) is 9.62. The maximum atomic E-state index is 4.90. The van der Waals surface area contributed by atoms with Crippen molar-refractivity contribution < 1.29 is 4.52 Å². The molecule has 0 radical (unpaired) electrons. The second-order valence-corrected chi connectivity index (χ2v) is 6.15. The van der Waals surface area contributed by atoms with E-state index in [1.807, 2.05) is 0 Å². The van der Waals surface area contributed by atoms with Crippen LogP contribution in [0.3, 0.4) is 0 Å². The maximum absolute atomic E-state index is 4.90. The van der Waals surface area contributed by atoms with Gasteiger partial charge in [-0.2, -0.15) is 4.98 Å². The zero-order chi connectivity index (χ0) is 13.2. The molecule has 0 aliphatic heterocycles. The molecule has 0 spiro atoms. The Labute approximate surface area is 111 Å². The molecule has 0 atom stereocenters. The third kappa shape index (κ3) is 3.36. The van der Waals surface area contributed by atoms with Crippen LogP contribution in [-0.2, 0) is 18.5 Å². The minimum Gasteiger partial charge on any atom is -0.340 e. The first kappa shape index (κ1) is 13.2. The Kier molecular flexibility index (Phi) is 3.77. The molecule has 0 aliphatic carbocycles. The van der Waals surface area contributed by atoms with Gasteiger partial charge in [-0.05, 0) is 0 Å². The van der Waals surface area contributed by atoms with Gasteiger partial charge in [-0.1, -0.05) is 25.9 Å². The van der Waals surface area contributed by atoms with Crippen LogP contribution in [0.4, 0.5) is 0 Å². The molecule has 2 aromatic rings. The van der Waals surface area contributed by atoms with Crippen LogP contribution in [0.1, 0.15) is 43.2 Å². The monoisotopic (exact) mass is 266 g/mol. The van der Waals surface area contributed by atoms with Crippen LogP contribution in [0.5, 0.6) is 0 Å². The zero-order valence-corrected chi connectivity index (χ0v) is 12.0. The van der Waals surface area contributed by atoms with E-state index in [4.69, 9.17) is 4.52 Å². The van der Waals surface area contributed by atoms with Gasteiger partial charge in [-0.15, -0.1) is 11.3 Å². The molecule has 98 valence electrons. The number of aromatic nitrogens is 3. The van der Waals surface area contributed by atoms with E-state index in [0.29, 0.717) is 18.3 Å². The molecule has 2 rings (SSSR count). The Morgan fingerprint density at radius 1 is 1.28 bits per heavy atom. The number of nitrogens with one attached hydrogen (secondary N) is 1. The van der Waals surface area contributed by atoms with Gasteiger partial charge in [0.2, 0.25) is 5.89 Å². The van der Waals surface area contributed by atoms with Crippen LogP contribution in [-0.4, -0.2) is 15.1 Å². The van der Waals surface area contributed by atoms with Gasteiger partial charge in [-0.3, -0.25) is 0 Å². The van der Waals surface area contributed by atoms with Crippen LogP contribution in [0.2, 0.25) is 0 Å². The van der Waals surface area contributed by atoms with Gasteiger partial charge in [0, 0.05) is 24.3 Å². The average molecular weight is 266 g/mol. The number of thiazole rings is 1. The van der Waals surface area contributed by atoms with E-state index in [-0.39, 0.29) is 5.41 Å². The first-order valence-electron chi connectivity index (χ1n) is 5.90. The van der Waals surface area contributed by atoms with Gasteiger partial charge in [0.1, 0.15) is 5.01 Å². The Balaban J connectivity index is 1.85. The lowest BCUT2D eigenvalue weighted by Gasteiger charge is -2.14. The highest BCUT2D eigenvalue weighted by molar-refractivity contribution is 7.09. The van der Waals surface area contributed by atoms with Crippen LogP contribution < -0.4 is 5.32 Å². The molecule has 0 saturated carbocycles. The van der Waals surface area contributed by atoms with E-state index in [1.54, 1.807) is 18.3 Å². The molecule has 2 heterocycles. The van der Waals surface area contributed by atoms with Crippen molar-refractivity contribution in [3.63, 3.8) is 0 Å². The number of rotatable bonds is 4. The number of aryl methyl sites for hydroxylation is 1. The van der Waals surface area contributed by atoms with Crippen molar-refractivity contribution in [2.24, 2.45) is 0 Å². The highest BCUT2D eigenvalue weighted by Gasteiger charge is 2.17. The number of nitrogens with zero attached hydrogens (tertiary/aromatic N) is 3. The third-order valence-electron chi connectivity index (χ3n) is 2.45. The molecule has 0 bridgehead atoms. The molecule has 5 nitrogen and oxygen atoms in total. The Morgan fingerprint density at radius 3 is 2.61 bits per heavy atom. The molecule has 2 aromatic heterocycles. The molecule has 0 aliphatic rings. The third-order valence-corrected chi connectivity index (χ3v) is 3.30. The van der Waals surface area contributed by atoms with Crippen molar-refractivity contribution in [2.45, 2.75) is 46.2 Å². The predicted octanol–water partition coefficient (Wildman–Crippen LogP) is 2.42. The van der Waals surface area contributed by atoms with Crippen molar-refractivity contribution in [1.82, 2.24) is 20.4 Å². The minimum absolute atomic E-state index is 0.111. The van der Waals surface area contributed by atoms with Crippen LogP contribution in [0, 0.1) is 6.92 Å². The lowest BCUT2D eigenvalue weighted by atomic mass is 9.93. The largest absolute Gasteiger partial charge is 0.340 e. The van der Waals surface area contributed by atoms with Crippen molar-refractivity contribution in [1.29, 1.82) is 0 Å². The first-order chi connectivity index (χ1) is 8.45. The van der Waals surface area contributed by atoms with Crippen LogP contribution in [0.15, 0.2) is 9.90 Å². The Morgan fingerprint density at radius 2 is 2.06 bits per heavy atom. The summed E-state index contributed by atoms with van der Waals surface area (Å²) in [6.07, 6.45) is 0. The van der Waals surface area contributed by atoms with Gasteiger partial charge < -0.3 is 9.84 Å². The summed E-state index contributed by atoms with van der Waals surface area (Å²) >= 11 is 1.68. The molecule has 0 saturated heterocycles. The molecule has 1 N–H and O–H groups in total. The molecular weight excluding hydrogens is 248 g/mol. The summed E-state index contributed by atoms with van der Waals surface area (Å²) in [4.78, 5) is 8.74. The van der Waals surface area contributed by atoms with Crippen LogP contribution >= 0.6 is 11.3 Å². The smallest absolute Gasteiger partial charge is 0.223 e.